The molecule has 0 aliphatic carbocycles. The standard InChI is InChI=1S/C20H19N3O2/c1-12-4-8-15(9-5-12)23-19(14-6-10-16(25-3)11-7-14)17-13(2)21-22-18(17)20(23)24/h4-11,19H,1-3H3,(H,21,22)/t19-/m0/s1. The van der Waals surface area contributed by atoms with Crippen LogP contribution in [0.25, 0.3) is 0 Å². The highest BCUT2D eigenvalue weighted by Gasteiger charge is 2.42. The first-order valence-electron chi connectivity index (χ1n) is 8.19. The number of rotatable bonds is 3. The summed E-state index contributed by atoms with van der Waals surface area (Å²) < 4.78 is 5.26. The van der Waals surface area contributed by atoms with Gasteiger partial charge in [-0.05, 0) is 43.7 Å². The van der Waals surface area contributed by atoms with Gasteiger partial charge < -0.3 is 4.74 Å². The van der Waals surface area contributed by atoms with E-state index < -0.39 is 0 Å². The number of carbonyl (C=O) groups excluding carboxylic acids is 1. The van der Waals surface area contributed by atoms with Crippen molar-refractivity contribution in [3.8, 4) is 5.75 Å². The molecule has 0 bridgehead atoms. The minimum atomic E-state index is -0.199. The SMILES string of the molecule is COc1ccc([C@H]2c3c(n[nH]c3C)C(=O)N2c2ccc(C)cc2)cc1. The number of nitrogens with zero attached hydrogens (tertiary/aromatic N) is 2. The van der Waals surface area contributed by atoms with Gasteiger partial charge in [-0.2, -0.15) is 5.10 Å². The van der Waals surface area contributed by atoms with Crippen molar-refractivity contribution in [2.24, 2.45) is 0 Å². The first-order chi connectivity index (χ1) is 12.1. The second kappa shape index (κ2) is 5.77. The summed E-state index contributed by atoms with van der Waals surface area (Å²) in [5.41, 5.74) is 5.41. The summed E-state index contributed by atoms with van der Waals surface area (Å²) in [7, 11) is 1.64. The molecule has 1 aliphatic rings. The topological polar surface area (TPSA) is 58.2 Å². The van der Waals surface area contributed by atoms with Gasteiger partial charge in [-0.15, -0.1) is 0 Å². The first kappa shape index (κ1) is 15.4. The number of methoxy groups -OCH3 is 1. The van der Waals surface area contributed by atoms with Crippen molar-refractivity contribution in [1.82, 2.24) is 10.2 Å². The Bertz CT molecular complexity index is 927. The second-order valence-electron chi connectivity index (χ2n) is 6.30. The Morgan fingerprint density at radius 2 is 1.72 bits per heavy atom. The van der Waals surface area contributed by atoms with Crippen LogP contribution in [0.5, 0.6) is 5.75 Å². The lowest BCUT2D eigenvalue weighted by Crippen LogP contribution is -2.29. The summed E-state index contributed by atoms with van der Waals surface area (Å²) in [4.78, 5) is 14.8. The largest absolute Gasteiger partial charge is 0.497 e. The summed E-state index contributed by atoms with van der Waals surface area (Å²) >= 11 is 0. The smallest absolute Gasteiger partial charge is 0.279 e. The van der Waals surface area contributed by atoms with Crippen molar-refractivity contribution in [2.75, 3.05) is 12.0 Å². The quantitative estimate of drug-likeness (QED) is 0.793. The van der Waals surface area contributed by atoms with Gasteiger partial charge in [0, 0.05) is 16.9 Å². The summed E-state index contributed by atoms with van der Waals surface area (Å²) in [6.07, 6.45) is 0. The zero-order valence-electron chi connectivity index (χ0n) is 14.4. The molecule has 5 nitrogen and oxygen atoms in total. The van der Waals surface area contributed by atoms with Gasteiger partial charge in [0.1, 0.15) is 5.75 Å². The average Bonchev–Trinajstić information content (AvgIpc) is 3.15. The third-order valence-corrected chi connectivity index (χ3v) is 4.69. The number of hydrogen-bond acceptors (Lipinski definition) is 3. The van der Waals surface area contributed by atoms with Crippen molar-refractivity contribution in [2.45, 2.75) is 19.9 Å². The van der Waals surface area contributed by atoms with Gasteiger partial charge in [-0.3, -0.25) is 14.8 Å². The zero-order valence-corrected chi connectivity index (χ0v) is 14.4. The van der Waals surface area contributed by atoms with E-state index in [0.717, 1.165) is 33.8 Å². The lowest BCUT2D eigenvalue weighted by atomic mass is 9.98. The third-order valence-electron chi connectivity index (χ3n) is 4.69. The molecule has 5 heteroatoms. The summed E-state index contributed by atoms with van der Waals surface area (Å²) in [5.74, 6) is 0.711. The van der Waals surface area contributed by atoms with E-state index in [4.69, 9.17) is 4.74 Å². The van der Waals surface area contributed by atoms with Gasteiger partial charge in [0.15, 0.2) is 5.69 Å². The maximum absolute atomic E-state index is 13.0. The summed E-state index contributed by atoms with van der Waals surface area (Å²) in [6.45, 7) is 3.99. The van der Waals surface area contributed by atoms with Crippen LogP contribution in [0, 0.1) is 13.8 Å². The number of carbonyl (C=O) groups is 1. The molecule has 3 aromatic rings. The van der Waals surface area contributed by atoms with E-state index in [2.05, 4.69) is 10.2 Å². The Morgan fingerprint density at radius 3 is 2.36 bits per heavy atom. The molecule has 0 fully saturated rings. The lowest BCUT2D eigenvalue weighted by molar-refractivity contribution is 0.0988. The van der Waals surface area contributed by atoms with Crippen molar-refractivity contribution >= 4 is 11.6 Å². The van der Waals surface area contributed by atoms with Crippen LogP contribution in [0.2, 0.25) is 0 Å². The fourth-order valence-electron chi connectivity index (χ4n) is 3.37. The Kier molecular flexibility index (Phi) is 3.57. The fraction of sp³-hybridized carbons (Fsp3) is 0.200. The second-order valence-corrected chi connectivity index (χ2v) is 6.30. The predicted molar refractivity (Wildman–Crippen MR) is 96.2 cm³/mol. The summed E-state index contributed by atoms with van der Waals surface area (Å²) in [5, 5.41) is 7.19. The van der Waals surface area contributed by atoms with Gasteiger partial charge in [0.2, 0.25) is 0 Å². The van der Waals surface area contributed by atoms with E-state index in [1.807, 2.05) is 67.3 Å². The van der Waals surface area contributed by atoms with Crippen molar-refractivity contribution in [3.05, 3.63) is 76.6 Å². The number of aryl methyl sites for hydroxylation is 2. The average molecular weight is 333 g/mol. The Morgan fingerprint density at radius 1 is 1.04 bits per heavy atom. The fourth-order valence-corrected chi connectivity index (χ4v) is 3.37. The summed E-state index contributed by atoms with van der Waals surface area (Å²) in [6, 6.07) is 15.6. The Hall–Kier alpha value is -3.08. The molecule has 1 N–H and O–H groups in total. The third kappa shape index (κ3) is 2.39. The van der Waals surface area contributed by atoms with Crippen LogP contribution in [0.1, 0.15) is 38.9 Å². The van der Waals surface area contributed by atoms with Gasteiger partial charge in [0.05, 0.1) is 13.2 Å². The van der Waals surface area contributed by atoms with Crippen LogP contribution in [0.4, 0.5) is 5.69 Å². The number of benzene rings is 2. The maximum Gasteiger partial charge on any atom is 0.279 e. The molecule has 2 aromatic carbocycles. The Balaban J connectivity index is 1.86. The molecule has 126 valence electrons. The van der Waals surface area contributed by atoms with E-state index in [-0.39, 0.29) is 11.9 Å². The molecule has 25 heavy (non-hydrogen) atoms. The highest BCUT2D eigenvalue weighted by atomic mass is 16.5. The predicted octanol–water partition coefficient (Wildman–Crippen LogP) is 3.78. The van der Waals surface area contributed by atoms with Crippen LogP contribution in [-0.4, -0.2) is 23.2 Å². The highest BCUT2D eigenvalue weighted by Crippen LogP contribution is 2.42. The number of aromatic nitrogens is 2. The normalized spacial score (nSPS) is 16.2. The molecule has 0 unspecified atom stereocenters. The molecule has 2 heterocycles. The molecule has 0 spiro atoms. The van der Waals surface area contributed by atoms with Gasteiger partial charge >= 0.3 is 0 Å². The number of ether oxygens (including phenoxy) is 1. The van der Waals surface area contributed by atoms with E-state index in [1.54, 1.807) is 7.11 Å². The Labute approximate surface area is 146 Å². The number of aromatic amines is 1. The van der Waals surface area contributed by atoms with Crippen molar-refractivity contribution in [1.29, 1.82) is 0 Å². The number of H-pyrrole nitrogens is 1. The van der Waals surface area contributed by atoms with E-state index in [9.17, 15) is 4.79 Å². The number of nitrogens with one attached hydrogen (secondary N) is 1. The first-order valence-corrected chi connectivity index (χ1v) is 8.19. The number of hydrogen-bond donors (Lipinski definition) is 1. The zero-order chi connectivity index (χ0) is 17.6. The van der Waals surface area contributed by atoms with E-state index in [1.165, 1.54) is 0 Å². The molecule has 0 saturated carbocycles. The number of fused-ring (bicyclic) bond motifs is 1. The van der Waals surface area contributed by atoms with Gasteiger partial charge in [0.25, 0.3) is 5.91 Å². The van der Waals surface area contributed by atoms with Gasteiger partial charge in [-0.25, -0.2) is 0 Å². The molecule has 1 aromatic heterocycles. The number of anilines is 1. The molecule has 0 radical (unpaired) electrons. The van der Waals surface area contributed by atoms with Gasteiger partial charge in [-0.1, -0.05) is 29.8 Å². The van der Waals surface area contributed by atoms with Crippen LogP contribution in [0.3, 0.4) is 0 Å². The molecule has 4 rings (SSSR count). The molecule has 1 atom stereocenters. The van der Waals surface area contributed by atoms with Crippen LogP contribution >= 0.6 is 0 Å². The molecule has 1 amide bonds. The number of amides is 1. The monoisotopic (exact) mass is 333 g/mol. The lowest BCUT2D eigenvalue weighted by Gasteiger charge is -2.26. The minimum absolute atomic E-state index is 0.0796. The molecule has 1 aliphatic heterocycles. The molecular formula is C20H19N3O2. The van der Waals surface area contributed by atoms with Crippen molar-refractivity contribution in [3.63, 3.8) is 0 Å². The molecular weight excluding hydrogens is 314 g/mol. The maximum atomic E-state index is 13.0. The minimum Gasteiger partial charge on any atom is -0.497 e. The molecule has 0 saturated heterocycles. The van der Waals surface area contributed by atoms with E-state index in [0.29, 0.717) is 5.69 Å². The van der Waals surface area contributed by atoms with Crippen LogP contribution in [0.15, 0.2) is 48.5 Å². The highest BCUT2D eigenvalue weighted by molar-refractivity contribution is 6.10. The van der Waals surface area contributed by atoms with E-state index >= 15 is 0 Å². The van der Waals surface area contributed by atoms with Crippen LogP contribution in [-0.2, 0) is 0 Å². The van der Waals surface area contributed by atoms with Crippen LogP contribution < -0.4 is 9.64 Å². The van der Waals surface area contributed by atoms with Crippen molar-refractivity contribution < 1.29 is 9.53 Å².